The molecule has 0 saturated heterocycles. The van der Waals surface area contributed by atoms with Gasteiger partial charge in [0, 0.05) is 28.9 Å². The van der Waals surface area contributed by atoms with Crippen LogP contribution in [-0.4, -0.2) is 39.6 Å². The van der Waals surface area contributed by atoms with Crippen molar-refractivity contribution >= 4 is 33.4 Å². The minimum Gasteiger partial charge on any atom is -0.497 e. The molecule has 1 saturated carbocycles. The molecule has 1 amide bonds. The summed E-state index contributed by atoms with van der Waals surface area (Å²) in [7, 11) is -1.01. The molecule has 3 aromatic rings. The van der Waals surface area contributed by atoms with Crippen molar-refractivity contribution in [2.45, 2.75) is 33.7 Å². The van der Waals surface area contributed by atoms with Crippen LogP contribution in [0.3, 0.4) is 0 Å². The first-order valence-corrected chi connectivity index (χ1v) is 12.5. The lowest BCUT2D eigenvalue weighted by molar-refractivity contribution is 0.0950. The molecule has 1 aromatic heterocycles. The minimum absolute atomic E-state index is 0.0159. The first-order chi connectivity index (χ1) is 15.9. The van der Waals surface area contributed by atoms with Crippen molar-refractivity contribution in [3.05, 3.63) is 66.4 Å². The third kappa shape index (κ3) is 5.77. The summed E-state index contributed by atoms with van der Waals surface area (Å²) in [5.41, 5.74) is 0.938. The van der Waals surface area contributed by atoms with E-state index >= 15 is 0 Å². The van der Waals surface area contributed by atoms with E-state index in [1.807, 2.05) is 0 Å². The summed E-state index contributed by atoms with van der Waals surface area (Å²) in [6, 6.07) is 15.3. The topological polar surface area (TPSA) is 107 Å². The molecular formula is C23H23N3O5S2. The highest BCUT2D eigenvalue weighted by atomic mass is 32.2. The predicted molar refractivity (Wildman–Crippen MR) is 126 cm³/mol. The number of aromatic nitrogens is 1. The monoisotopic (exact) mass is 485 g/mol. The van der Waals surface area contributed by atoms with E-state index in [4.69, 9.17) is 9.47 Å². The van der Waals surface area contributed by atoms with Crippen LogP contribution >= 0.6 is 11.8 Å². The molecule has 1 aliphatic carbocycles. The molecule has 0 radical (unpaired) electrons. The number of carbonyl (C=O) groups excluding carboxylic acids is 1. The molecule has 172 valence electrons. The molecule has 0 bridgehead atoms. The van der Waals surface area contributed by atoms with Gasteiger partial charge in [0.15, 0.2) is 0 Å². The molecule has 0 atom stereocenters. The lowest BCUT2D eigenvalue weighted by Crippen LogP contribution is -2.25. The molecular weight excluding hydrogens is 462 g/mol. The maximum atomic E-state index is 12.9. The number of sulfonamides is 1. The van der Waals surface area contributed by atoms with Crippen molar-refractivity contribution in [1.29, 1.82) is 0 Å². The summed E-state index contributed by atoms with van der Waals surface area (Å²) in [6.07, 6.45) is 3.63. The smallest absolute Gasteiger partial charge is 0.265 e. The summed E-state index contributed by atoms with van der Waals surface area (Å²) < 4.78 is 38.7. The molecule has 0 unspecified atom stereocenters. The Morgan fingerprint density at radius 1 is 1.03 bits per heavy atom. The summed E-state index contributed by atoms with van der Waals surface area (Å²) >= 11 is 1.41. The second-order valence-corrected chi connectivity index (χ2v) is 10.1. The Bertz CT molecular complexity index is 1240. The number of rotatable bonds is 9. The van der Waals surface area contributed by atoms with Gasteiger partial charge in [-0.1, -0.05) is 11.8 Å². The molecule has 0 aliphatic heterocycles. The molecule has 1 aliphatic rings. The summed E-state index contributed by atoms with van der Waals surface area (Å²) in [5.74, 6) is 0.521. The Balaban J connectivity index is 1.42. The Hall–Kier alpha value is -3.24. The zero-order valence-corrected chi connectivity index (χ0v) is 19.7. The number of amides is 1. The van der Waals surface area contributed by atoms with E-state index in [0.29, 0.717) is 23.0 Å². The van der Waals surface area contributed by atoms with Gasteiger partial charge in [0.05, 0.1) is 19.8 Å². The highest BCUT2D eigenvalue weighted by Gasteiger charge is 2.24. The number of nitrogens with zero attached hydrogens (tertiary/aromatic N) is 1. The third-order valence-corrected chi connectivity index (χ3v) is 7.26. The van der Waals surface area contributed by atoms with Gasteiger partial charge in [-0.25, -0.2) is 13.4 Å². The quantitative estimate of drug-likeness (QED) is 0.473. The van der Waals surface area contributed by atoms with Crippen LogP contribution in [0.5, 0.6) is 11.5 Å². The molecule has 2 aromatic carbocycles. The van der Waals surface area contributed by atoms with Gasteiger partial charge in [-0.2, -0.15) is 0 Å². The normalized spacial score (nSPS) is 13.3. The Kier molecular flexibility index (Phi) is 6.75. The largest absolute Gasteiger partial charge is 0.497 e. The number of hydrogen-bond acceptors (Lipinski definition) is 7. The molecule has 1 fully saturated rings. The van der Waals surface area contributed by atoms with Gasteiger partial charge >= 0.3 is 0 Å². The number of methoxy groups -OCH3 is 2. The predicted octanol–water partition coefficient (Wildman–Crippen LogP) is 3.94. The van der Waals surface area contributed by atoms with Crippen LogP contribution in [0, 0.1) is 0 Å². The molecule has 4 rings (SSSR count). The van der Waals surface area contributed by atoms with E-state index in [1.54, 1.807) is 54.7 Å². The van der Waals surface area contributed by atoms with Gasteiger partial charge in [-0.3, -0.25) is 9.52 Å². The van der Waals surface area contributed by atoms with Crippen LogP contribution < -0.4 is 19.5 Å². The lowest BCUT2D eigenvalue weighted by atomic mass is 10.3. The Labute approximate surface area is 196 Å². The summed E-state index contributed by atoms with van der Waals surface area (Å²) in [5, 5.41) is 3.66. The fourth-order valence-corrected chi connectivity index (χ4v) is 4.99. The zero-order valence-electron chi connectivity index (χ0n) is 18.1. The van der Waals surface area contributed by atoms with Crippen molar-refractivity contribution in [3.63, 3.8) is 0 Å². The highest BCUT2D eigenvalue weighted by molar-refractivity contribution is 7.99. The molecule has 8 nitrogen and oxygen atoms in total. The van der Waals surface area contributed by atoms with Crippen LogP contribution in [0.4, 0.5) is 5.69 Å². The van der Waals surface area contributed by atoms with Crippen molar-refractivity contribution in [1.82, 2.24) is 10.3 Å². The van der Waals surface area contributed by atoms with Crippen LogP contribution in [0.15, 0.2) is 75.6 Å². The lowest BCUT2D eigenvalue weighted by Gasteiger charge is -2.13. The van der Waals surface area contributed by atoms with Gasteiger partial charge in [0.1, 0.15) is 21.4 Å². The van der Waals surface area contributed by atoms with Crippen molar-refractivity contribution in [2.24, 2.45) is 0 Å². The molecule has 33 heavy (non-hydrogen) atoms. The van der Waals surface area contributed by atoms with Crippen molar-refractivity contribution in [2.75, 3.05) is 18.9 Å². The van der Waals surface area contributed by atoms with Crippen molar-refractivity contribution < 1.29 is 22.7 Å². The standard InChI is InChI=1S/C23H23N3O5S2/c1-30-18-8-11-20(31-2)21(13-18)33(28,29)26-17-6-9-19(10-7-17)32-22-12-3-15(14-24-22)23(27)25-16-4-5-16/h3,6-14,16,26H,4-5H2,1-2H3,(H,25,27). The van der Waals surface area contributed by atoms with Gasteiger partial charge in [0.2, 0.25) is 0 Å². The number of ether oxygens (including phenoxy) is 2. The van der Waals surface area contributed by atoms with E-state index in [-0.39, 0.29) is 16.6 Å². The first-order valence-electron chi connectivity index (χ1n) is 10.2. The number of benzene rings is 2. The fourth-order valence-electron chi connectivity index (χ4n) is 2.99. The number of nitrogens with one attached hydrogen (secondary N) is 2. The number of pyridine rings is 1. The summed E-state index contributed by atoms with van der Waals surface area (Å²) in [6.45, 7) is 0. The highest BCUT2D eigenvalue weighted by Crippen LogP contribution is 2.31. The third-order valence-electron chi connectivity index (χ3n) is 4.90. The zero-order chi connectivity index (χ0) is 23.4. The van der Waals surface area contributed by atoms with Gasteiger partial charge in [0.25, 0.3) is 15.9 Å². The van der Waals surface area contributed by atoms with Gasteiger partial charge < -0.3 is 14.8 Å². The Morgan fingerprint density at radius 3 is 2.39 bits per heavy atom. The number of hydrogen-bond donors (Lipinski definition) is 2. The van der Waals surface area contributed by atoms with Gasteiger partial charge in [-0.15, -0.1) is 0 Å². The van der Waals surface area contributed by atoms with E-state index in [9.17, 15) is 13.2 Å². The number of anilines is 1. The average molecular weight is 486 g/mol. The van der Waals surface area contributed by atoms with E-state index in [1.165, 1.54) is 32.0 Å². The average Bonchev–Trinajstić information content (AvgIpc) is 3.64. The van der Waals surface area contributed by atoms with Crippen LogP contribution in [-0.2, 0) is 10.0 Å². The maximum Gasteiger partial charge on any atom is 0.265 e. The minimum atomic E-state index is -3.89. The maximum absolute atomic E-state index is 12.9. The van der Waals surface area contributed by atoms with Crippen LogP contribution in [0.1, 0.15) is 23.2 Å². The first kappa shape index (κ1) is 22.9. The molecule has 2 N–H and O–H groups in total. The second-order valence-electron chi connectivity index (χ2n) is 7.38. The van der Waals surface area contributed by atoms with E-state index < -0.39 is 10.0 Å². The van der Waals surface area contributed by atoms with E-state index in [2.05, 4.69) is 15.0 Å². The summed E-state index contributed by atoms with van der Waals surface area (Å²) in [4.78, 5) is 17.3. The Morgan fingerprint density at radius 2 is 1.79 bits per heavy atom. The SMILES string of the molecule is COc1ccc(OC)c(S(=O)(=O)Nc2ccc(Sc3ccc(C(=O)NC4CC4)cn3)cc2)c1. The van der Waals surface area contributed by atoms with E-state index in [0.717, 1.165) is 22.8 Å². The fraction of sp³-hybridized carbons (Fsp3) is 0.217. The van der Waals surface area contributed by atoms with Crippen LogP contribution in [0.2, 0.25) is 0 Å². The van der Waals surface area contributed by atoms with Gasteiger partial charge in [-0.05, 0) is 61.4 Å². The molecule has 0 spiro atoms. The molecule has 1 heterocycles. The van der Waals surface area contributed by atoms with Crippen LogP contribution in [0.25, 0.3) is 0 Å². The number of carbonyl (C=O) groups is 1. The van der Waals surface area contributed by atoms with Crippen molar-refractivity contribution in [3.8, 4) is 11.5 Å². The second kappa shape index (κ2) is 9.72. The molecule has 10 heteroatoms.